The Morgan fingerprint density at radius 3 is 2.45 bits per heavy atom. The van der Waals surface area contributed by atoms with Gasteiger partial charge in [-0.05, 0) is 43.3 Å². The highest BCUT2D eigenvalue weighted by Gasteiger charge is 2.10. The SMILES string of the molecule is COc1ccc(-c2nc3ccc(Cl)cn3c2C)cc1.[Br-]. The number of aryl methyl sites for hydroxylation is 1. The molecule has 0 bridgehead atoms. The summed E-state index contributed by atoms with van der Waals surface area (Å²) in [7, 11) is 1.66. The Bertz CT molecular complexity index is 737. The lowest BCUT2D eigenvalue weighted by Crippen LogP contribution is -3.00. The number of benzene rings is 1. The predicted octanol–water partition coefficient (Wildman–Crippen LogP) is 0.976. The lowest BCUT2D eigenvalue weighted by molar-refractivity contribution is -0.00000417. The van der Waals surface area contributed by atoms with Crippen LogP contribution in [0.4, 0.5) is 0 Å². The van der Waals surface area contributed by atoms with Crippen molar-refractivity contribution in [1.82, 2.24) is 9.38 Å². The van der Waals surface area contributed by atoms with Crippen LogP contribution in [0.3, 0.4) is 0 Å². The highest BCUT2D eigenvalue weighted by molar-refractivity contribution is 6.30. The van der Waals surface area contributed by atoms with Crippen molar-refractivity contribution < 1.29 is 21.7 Å². The molecule has 0 aliphatic rings. The third-order valence-electron chi connectivity index (χ3n) is 3.18. The van der Waals surface area contributed by atoms with Gasteiger partial charge in [-0.2, -0.15) is 0 Å². The molecule has 0 spiro atoms. The minimum Gasteiger partial charge on any atom is -1.00 e. The number of halogens is 2. The van der Waals surface area contributed by atoms with E-state index in [1.807, 2.05) is 53.9 Å². The molecular formula is C15H13BrClN2O-. The normalized spacial score (nSPS) is 10.3. The zero-order valence-corrected chi connectivity index (χ0v) is 13.4. The molecule has 2 heterocycles. The van der Waals surface area contributed by atoms with Crippen molar-refractivity contribution in [2.75, 3.05) is 7.11 Å². The van der Waals surface area contributed by atoms with Crippen LogP contribution >= 0.6 is 11.6 Å². The largest absolute Gasteiger partial charge is 1.00 e. The van der Waals surface area contributed by atoms with Crippen LogP contribution in [0.2, 0.25) is 5.02 Å². The predicted molar refractivity (Wildman–Crippen MR) is 76.9 cm³/mol. The molecule has 5 heteroatoms. The number of hydrogen-bond donors (Lipinski definition) is 0. The van der Waals surface area contributed by atoms with Gasteiger partial charge in [0.25, 0.3) is 0 Å². The van der Waals surface area contributed by atoms with Gasteiger partial charge in [0.1, 0.15) is 11.4 Å². The van der Waals surface area contributed by atoms with E-state index in [1.54, 1.807) is 7.11 Å². The first-order chi connectivity index (χ1) is 9.19. The second-order valence-corrected chi connectivity index (χ2v) is 4.79. The van der Waals surface area contributed by atoms with Crippen molar-refractivity contribution in [2.24, 2.45) is 0 Å². The van der Waals surface area contributed by atoms with E-state index in [4.69, 9.17) is 16.3 Å². The Morgan fingerprint density at radius 2 is 1.80 bits per heavy atom. The summed E-state index contributed by atoms with van der Waals surface area (Å²) in [5.41, 5.74) is 4.00. The summed E-state index contributed by atoms with van der Waals surface area (Å²) in [5, 5.41) is 0.703. The summed E-state index contributed by atoms with van der Waals surface area (Å²) >= 11 is 6.02. The van der Waals surface area contributed by atoms with Gasteiger partial charge < -0.3 is 26.1 Å². The molecule has 104 valence electrons. The number of imidazole rings is 1. The monoisotopic (exact) mass is 351 g/mol. The first kappa shape index (κ1) is 14.9. The third-order valence-corrected chi connectivity index (χ3v) is 3.41. The first-order valence-electron chi connectivity index (χ1n) is 5.97. The number of aromatic nitrogens is 2. The number of methoxy groups -OCH3 is 1. The van der Waals surface area contributed by atoms with Crippen molar-refractivity contribution in [3.63, 3.8) is 0 Å². The van der Waals surface area contributed by atoms with Crippen molar-refractivity contribution in [3.8, 4) is 17.0 Å². The van der Waals surface area contributed by atoms with Gasteiger partial charge in [0.2, 0.25) is 0 Å². The van der Waals surface area contributed by atoms with E-state index in [-0.39, 0.29) is 17.0 Å². The molecule has 3 nitrogen and oxygen atoms in total. The van der Waals surface area contributed by atoms with Crippen LogP contribution in [0, 0.1) is 6.92 Å². The maximum Gasteiger partial charge on any atom is 0.137 e. The highest BCUT2D eigenvalue weighted by Crippen LogP contribution is 2.26. The van der Waals surface area contributed by atoms with E-state index in [0.29, 0.717) is 5.02 Å². The molecule has 0 radical (unpaired) electrons. The molecule has 0 fully saturated rings. The molecule has 0 saturated heterocycles. The second-order valence-electron chi connectivity index (χ2n) is 4.35. The summed E-state index contributed by atoms with van der Waals surface area (Å²) < 4.78 is 7.17. The Balaban J connectivity index is 0.00000147. The van der Waals surface area contributed by atoms with E-state index in [0.717, 1.165) is 28.3 Å². The highest BCUT2D eigenvalue weighted by atomic mass is 79.9. The Kier molecular flexibility index (Phi) is 4.35. The lowest BCUT2D eigenvalue weighted by Gasteiger charge is -2.02. The first-order valence-corrected chi connectivity index (χ1v) is 6.35. The maximum absolute atomic E-state index is 6.02. The molecule has 0 atom stereocenters. The summed E-state index contributed by atoms with van der Waals surface area (Å²) in [6.07, 6.45) is 1.88. The number of ether oxygens (including phenoxy) is 1. The van der Waals surface area contributed by atoms with Crippen LogP contribution in [0.5, 0.6) is 5.75 Å². The summed E-state index contributed by atoms with van der Waals surface area (Å²) in [6, 6.07) is 11.7. The smallest absolute Gasteiger partial charge is 0.137 e. The molecule has 1 aromatic carbocycles. The van der Waals surface area contributed by atoms with Crippen LogP contribution in [-0.4, -0.2) is 16.5 Å². The van der Waals surface area contributed by atoms with Crippen LogP contribution < -0.4 is 21.7 Å². The quantitative estimate of drug-likeness (QED) is 0.687. The topological polar surface area (TPSA) is 26.5 Å². The molecule has 3 rings (SSSR count). The number of fused-ring (bicyclic) bond motifs is 1. The van der Waals surface area contributed by atoms with Crippen LogP contribution in [0.1, 0.15) is 5.69 Å². The molecule has 0 unspecified atom stereocenters. The second kappa shape index (κ2) is 5.85. The molecule has 3 aromatic rings. The number of pyridine rings is 1. The third kappa shape index (κ3) is 2.53. The number of nitrogens with zero attached hydrogens (tertiary/aromatic N) is 2. The fraction of sp³-hybridized carbons (Fsp3) is 0.133. The van der Waals surface area contributed by atoms with Gasteiger partial charge in [-0.15, -0.1) is 0 Å². The fourth-order valence-corrected chi connectivity index (χ4v) is 2.32. The van der Waals surface area contributed by atoms with E-state index in [1.165, 1.54) is 0 Å². The molecule has 0 saturated carbocycles. The molecule has 0 aliphatic heterocycles. The standard InChI is InChI=1S/C15H13ClN2O.BrH/c1-10-15(11-3-6-13(19-2)7-4-11)17-14-8-5-12(16)9-18(10)14;/h3-9H,1-2H3;1H/p-1. The number of rotatable bonds is 2. The van der Waals surface area contributed by atoms with Crippen LogP contribution in [0.25, 0.3) is 16.9 Å². The van der Waals surface area contributed by atoms with Crippen molar-refractivity contribution in [1.29, 1.82) is 0 Å². The van der Waals surface area contributed by atoms with E-state index in [2.05, 4.69) is 4.98 Å². The molecule has 0 aliphatic carbocycles. The average molecular weight is 353 g/mol. The summed E-state index contributed by atoms with van der Waals surface area (Å²) in [4.78, 5) is 4.64. The Morgan fingerprint density at radius 1 is 1.10 bits per heavy atom. The van der Waals surface area contributed by atoms with Crippen molar-refractivity contribution >= 4 is 17.2 Å². The van der Waals surface area contributed by atoms with E-state index >= 15 is 0 Å². The summed E-state index contributed by atoms with van der Waals surface area (Å²) in [6.45, 7) is 2.04. The molecular weight excluding hydrogens is 340 g/mol. The van der Waals surface area contributed by atoms with E-state index < -0.39 is 0 Å². The van der Waals surface area contributed by atoms with Gasteiger partial charge in [0.15, 0.2) is 0 Å². The zero-order chi connectivity index (χ0) is 13.4. The summed E-state index contributed by atoms with van der Waals surface area (Å²) in [5.74, 6) is 0.841. The van der Waals surface area contributed by atoms with Crippen LogP contribution in [-0.2, 0) is 0 Å². The molecule has 2 aromatic heterocycles. The minimum absolute atomic E-state index is 0. The van der Waals surface area contributed by atoms with Gasteiger partial charge in [-0.3, -0.25) is 0 Å². The average Bonchev–Trinajstić information content (AvgIpc) is 2.76. The molecule has 20 heavy (non-hydrogen) atoms. The van der Waals surface area contributed by atoms with Gasteiger partial charge in [-0.1, -0.05) is 11.6 Å². The number of hydrogen-bond acceptors (Lipinski definition) is 2. The Labute approximate surface area is 132 Å². The fourth-order valence-electron chi connectivity index (χ4n) is 2.16. The lowest BCUT2D eigenvalue weighted by atomic mass is 10.1. The maximum atomic E-state index is 6.02. The van der Waals surface area contributed by atoms with Gasteiger partial charge in [-0.25, -0.2) is 4.98 Å². The van der Waals surface area contributed by atoms with Crippen LogP contribution in [0.15, 0.2) is 42.6 Å². The molecule has 0 N–H and O–H groups in total. The van der Waals surface area contributed by atoms with Gasteiger partial charge >= 0.3 is 0 Å². The zero-order valence-electron chi connectivity index (χ0n) is 11.1. The van der Waals surface area contributed by atoms with E-state index in [9.17, 15) is 0 Å². The van der Waals surface area contributed by atoms with Crippen molar-refractivity contribution in [3.05, 3.63) is 53.3 Å². The Hall–Kier alpha value is -1.52. The van der Waals surface area contributed by atoms with Gasteiger partial charge in [0.05, 0.1) is 17.8 Å². The van der Waals surface area contributed by atoms with Gasteiger partial charge in [0, 0.05) is 17.5 Å². The molecule has 0 amide bonds. The van der Waals surface area contributed by atoms with Crippen molar-refractivity contribution in [2.45, 2.75) is 6.92 Å². The minimum atomic E-state index is 0.